The minimum Gasteiger partial charge on any atom is -0.455 e. The summed E-state index contributed by atoms with van der Waals surface area (Å²) in [6.07, 6.45) is 4.71. The van der Waals surface area contributed by atoms with Crippen molar-refractivity contribution >= 4 is 68.1 Å². The van der Waals surface area contributed by atoms with Crippen molar-refractivity contribution in [1.29, 1.82) is 0 Å². The molecule has 2 aliphatic carbocycles. The van der Waals surface area contributed by atoms with Crippen LogP contribution < -0.4 is 20.6 Å². The van der Waals surface area contributed by atoms with Gasteiger partial charge in [0.25, 0.3) is 0 Å². The van der Waals surface area contributed by atoms with Gasteiger partial charge in [-0.2, -0.15) is 0 Å². The Morgan fingerprint density at radius 3 is 1.89 bits per heavy atom. The van der Waals surface area contributed by atoms with Gasteiger partial charge >= 0.3 is 6.85 Å². The van der Waals surface area contributed by atoms with Crippen molar-refractivity contribution in [3.8, 4) is 22.3 Å². The number of furan rings is 1. The summed E-state index contributed by atoms with van der Waals surface area (Å²) in [5, 5.41) is 2.32. The highest BCUT2D eigenvalue weighted by atomic mass is 16.3. The molecule has 7 aromatic carbocycles. The number of hydrogen-bond donors (Lipinski definition) is 0. The Morgan fingerprint density at radius 2 is 1.16 bits per heavy atom. The normalized spacial score (nSPS) is 18.3. The largest absolute Gasteiger partial charge is 0.455 e. The molecule has 0 radical (unpaired) electrons. The van der Waals surface area contributed by atoms with Crippen LogP contribution in [0.4, 0.5) is 28.4 Å². The lowest BCUT2D eigenvalue weighted by Crippen LogP contribution is -2.61. The maximum absolute atomic E-state index is 7.04. The molecule has 64 heavy (non-hydrogen) atoms. The second-order valence-electron chi connectivity index (χ2n) is 22.4. The van der Waals surface area contributed by atoms with E-state index in [9.17, 15) is 0 Å². The first-order chi connectivity index (χ1) is 30.5. The monoisotopic (exact) mass is 834 g/mol. The predicted molar refractivity (Wildman–Crippen MR) is 273 cm³/mol. The van der Waals surface area contributed by atoms with Gasteiger partial charge in [0.1, 0.15) is 11.2 Å². The third-order valence-corrected chi connectivity index (χ3v) is 16.3. The van der Waals surface area contributed by atoms with E-state index in [2.05, 4.69) is 206 Å². The smallest absolute Gasteiger partial charge is 0.333 e. The molecule has 8 aromatic rings. The van der Waals surface area contributed by atoms with Crippen LogP contribution in [0.3, 0.4) is 0 Å². The van der Waals surface area contributed by atoms with Crippen molar-refractivity contribution in [2.24, 2.45) is 0 Å². The first-order valence-electron chi connectivity index (χ1n) is 23.7. The highest BCUT2D eigenvalue weighted by Gasteiger charge is 2.48. The number of benzene rings is 7. The van der Waals surface area contributed by atoms with Crippen LogP contribution >= 0.6 is 0 Å². The van der Waals surface area contributed by atoms with Crippen LogP contribution in [0.2, 0.25) is 0 Å². The molecule has 4 heteroatoms. The van der Waals surface area contributed by atoms with E-state index in [0.717, 1.165) is 28.4 Å². The molecule has 318 valence electrons. The summed E-state index contributed by atoms with van der Waals surface area (Å²) < 4.78 is 7.04. The summed E-state index contributed by atoms with van der Waals surface area (Å²) in [6, 6.07) is 49.0. The van der Waals surface area contributed by atoms with E-state index in [1.54, 1.807) is 0 Å². The Labute approximate surface area is 380 Å². The third-order valence-electron chi connectivity index (χ3n) is 16.3. The summed E-state index contributed by atoms with van der Waals surface area (Å²) in [5.74, 6) is 0. The van der Waals surface area contributed by atoms with E-state index in [1.807, 2.05) is 0 Å². The van der Waals surface area contributed by atoms with Crippen LogP contribution in [0.25, 0.3) is 44.2 Å². The van der Waals surface area contributed by atoms with Gasteiger partial charge in [-0.3, -0.25) is 0 Å². The van der Waals surface area contributed by atoms with Gasteiger partial charge in [0.2, 0.25) is 0 Å². The first kappa shape index (κ1) is 39.6. The minimum absolute atomic E-state index is 0.0561. The molecule has 3 nitrogen and oxygen atoms in total. The van der Waals surface area contributed by atoms with E-state index in [0.29, 0.717) is 0 Å². The van der Waals surface area contributed by atoms with E-state index in [1.165, 1.54) is 114 Å². The van der Waals surface area contributed by atoms with E-state index >= 15 is 0 Å². The summed E-state index contributed by atoms with van der Waals surface area (Å²) in [4.78, 5) is 5.34. The molecule has 0 amide bonds. The average molecular weight is 835 g/mol. The lowest BCUT2D eigenvalue weighted by atomic mass is 9.43. The molecule has 0 N–H and O–H groups in total. The van der Waals surface area contributed by atoms with Gasteiger partial charge in [0.05, 0.1) is 0 Å². The highest BCUT2D eigenvalue weighted by Crippen LogP contribution is 2.55. The zero-order valence-corrected chi connectivity index (χ0v) is 39.3. The van der Waals surface area contributed by atoms with E-state index in [4.69, 9.17) is 4.42 Å². The zero-order valence-electron chi connectivity index (χ0n) is 39.3. The molecule has 0 saturated carbocycles. The van der Waals surface area contributed by atoms with Crippen LogP contribution in [0.15, 0.2) is 132 Å². The highest BCUT2D eigenvalue weighted by molar-refractivity contribution is 6.93. The molecule has 0 fully saturated rings. The predicted octanol–water partition coefficient (Wildman–Crippen LogP) is 15.3. The first-order valence-corrected chi connectivity index (χ1v) is 23.7. The standard InChI is InChI=1S/C60H59BN2O/c1-36-30-43-54-49(25-22-42-41-18-14-15-19-53(41)64-56(42)54)63(40-21-23-44-46(34-40)59(7,8)27-26-57(44,3)4)61-48-24-20-39(38-16-12-11-13-17-38)33-51(48)62(52(31-36)55(43)61)50-35-47-45(32-37(50)2)58(5,6)28-29-60(47,9)10/h11-25,30-35H,26-29H2,1-10H3. The lowest BCUT2D eigenvalue weighted by Gasteiger charge is -2.48. The molecule has 3 heterocycles. The zero-order chi connectivity index (χ0) is 44.2. The number of aryl methyl sites for hydroxylation is 2. The van der Waals surface area contributed by atoms with Crippen molar-refractivity contribution in [1.82, 2.24) is 0 Å². The molecule has 4 aliphatic rings. The number of nitrogens with zero attached hydrogens (tertiary/aromatic N) is 2. The van der Waals surface area contributed by atoms with Crippen molar-refractivity contribution in [2.75, 3.05) is 9.71 Å². The number of fused-ring (bicyclic) bond motifs is 10. The summed E-state index contributed by atoms with van der Waals surface area (Å²) in [6.45, 7) is 24.1. The molecule has 0 unspecified atom stereocenters. The molecule has 1 aromatic heterocycles. The Kier molecular flexibility index (Phi) is 8.22. The van der Waals surface area contributed by atoms with Gasteiger partial charge < -0.3 is 14.1 Å². The summed E-state index contributed by atoms with van der Waals surface area (Å²) in [5.41, 5.74) is 24.4. The Balaban J connectivity index is 1.21. The van der Waals surface area contributed by atoms with Gasteiger partial charge in [-0.1, -0.05) is 134 Å². The number of anilines is 5. The van der Waals surface area contributed by atoms with Crippen LogP contribution in [0, 0.1) is 13.8 Å². The average Bonchev–Trinajstić information content (AvgIpc) is 3.66. The van der Waals surface area contributed by atoms with Gasteiger partial charge in [-0.15, -0.1) is 0 Å². The van der Waals surface area contributed by atoms with Gasteiger partial charge in [-0.05, 0) is 171 Å². The van der Waals surface area contributed by atoms with Crippen molar-refractivity contribution in [3.63, 3.8) is 0 Å². The summed E-state index contributed by atoms with van der Waals surface area (Å²) >= 11 is 0. The van der Waals surface area contributed by atoms with Gasteiger partial charge in [-0.25, -0.2) is 0 Å². The van der Waals surface area contributed by atoms with Crippen LogP contribution in [-0.4, -0.2) is 6.85 Å². The topological polar surface area (TPSA) is 19.6 Å². The molecular weight excluding hydrogens is 775 g/mol. The number of rotatable bonds is 3. The maximum atomic E-state index is 7.04. The van der Waals surface area contributed by atoms with Crippen LogP contribution in [0.5, 0.6) is 0 Å². The SMILES string of the molecule is Cc1cc2c3c(c1)N(c1cc4c(cc1C)C(C)(C)CCC4(C)C)c1cc(-c4ccccc4)ccc1B3N(c1ccc3c(c1)C(C)(C)CCC3(C)C)c1ccc3c(oc4ccccc43)c1-2. The van der Waals surface area contributed by atoms with Crippen molar-refractivity contribution in [3.05, 3.63) is 161 Å². The summed E-state index contributed by atoms with van der Waals surface area (Å²) in [7, 11) is 0. The number of para-hydroxylation sites is 1. The van der Waals surface area contributed by atoms with E-state index in [-0.39, 0.29) is 28.5 Å². The Hall–Kier alpha value is -6.00. The fourth-order valence-corrected chi connectivity index (χ4v) is 12.4. The fourth-order valence-electron chi connectivity index (χ4n) is 12.4. The Morgan fingerprint density at radius 1 is 0.500 bits per heavy atom. The van der Waals surface area contributed by atoms with Crippen LogP contribution in [-0.2, 0) is 21.7 Å². The quantitative estimate of drug-likeness (QED) is 0.165. The van der Waals surface area contributed by atoms with Gasteiger partial charge in [0.15, 0.2) is 0 Å². The molecule has 0 atom stereocenters. The minimum atomic E-state index is -0.0953. The third kappa shape index (κ3) is 5.60. The molecular formula is C60H59BN2O. The lowest BCUT2D eigenvalue weighted by molar-refractivity contribution is 0.332. The molecule has 12 rings (SSSR count). The fraction of sp³-hybridized carbons (Fsp3) is 0.300. The molecule has 0 saturated heterocycles. The number of hydrogen-bond acceptors (Lipinski definition) is 3. The van der Waals surface area contributed by atoms with Gasteiger partial charge in [0, 0.05) is 44.8 Å². The maximum Gasteiger partial charge on any atom is 0.333 e. The van der Waals surface area contributed by atoms with Crippen molar-refractivity contribution in [2.45, 2.75) is 117 Å². The van der Waals surface area contributed by atoms with Crippen molar-refractivity contribution < 1.29 is 4.42 Å². The van der Waals surface area contributed by atoms with Crippen LogP contribution in [0.1, 0.15) is 114 Å². The second-order valence-corrected chi connectivity index (χ2v) is 22.4. The second kappa shape index (κ2) is 13.3. The molecule has 0 spiro atoms. The van der Waals surface area contributed by atoms with E-state index < -0.39 is 0 Å². The molecule has 2 aliphatic heterocycles. The Bertz CT molecular complexity index is 3270. The molecule has 0 bridgehead atoms.